The molecule has 1 aliphatic heterocycles. The van der Waals surface area contributed by atoms with Crippen LogP contribution >= 0.6 is 11.3 Å². The van der Waals surface area contributed by atoms with Crippen molar-refractivity contribution in [1.82, 2.24) is 19.9 Å². The Bertz CT molecular complexity index is 871. The zero-order valence-electron chi connectivity index (χ0n) is 15.8. The zero-order chi connectivity index (χ0) is 19.2. The Kier molecular flexibility index (Phi) is 6.14. The number of carbonyl (C=O) groups excluding carboxylic acids is 1. The third kappa shape index (κ3) is 4.85. The van der Waals surface area contributed by atoms with Crippen molar-refractivity contribution in [1.29, 1.82) is 0 Å². The van der Waals surface area contributed by atoms with E-state index in [2.05, 4.69) is 39.3 Å². The molecule has 1 fully saturated rings. The van der Waals surface area contributed by atoms with Crippen LogP contribution in [0.2, 0.25) is 0 Å². The Hall–Kier alpha value is -2.51. The van der Waals surface area contributed by atoms with Crippen molar-refractivity contribution < 1.29 is 9.32 Å². The van der Waals surface area contributed by atoms with Crippen molar-refractivity contribution in [2.24, 2.45) is 0 Å². The van der Waals surface area contributed by atoms with Gasteiger partial charge in [-0.1, -0.05) is 41.6 Å². The molecule has 1 aliphatic rings. The van der Waals surface area contributed by atoms with Gasteiger partial charge >= 0.3 is 0 Å². The number of hydrogen-bond acceptors (Lipinski definition) is 6. The standard InChI is InChI=1S/C21H24N4O2S/c26-20(9-8-19-22-21(23-27-19)18-7-4-16-28-18)25-14-12-24(13-15-25)11-10-17-5-2-1-3-6-17/h1-7,16H,8-15H2. The fourth-order valence-electron chi connectivity index (χ4n) is 3.39. The zero-order valence-corrected chi connectivity index (χ0v) is 16.6. The summed E-state index contributed by atoms with van der Waals surface area (Å²) in [7, 11) is 0. The van der Waals surface area contributed by atoms with Crippen LogP contribution in [0.1, 0.15) is 17.9 Å². The average molecular weight is 397 g/mol. The first-order chi connectivity index (χ1) is 13.8. The van der Waals surface area contributed by atoms with Gasteiger partial charge in [-0.05, 0) is 23.4 Å². The number of aryl methyl sites for hydroxylation is 1. The van der Waals surface area contributed by atoms with Crippen molar-refractivity contribution in [3.63, 3.8) is 0 Å². The van der Waals surface area contributed by atoms with Gasteiger partial charge in [0.1, 0.15) is 0 Å². The summed E-state index contributed by atoms with van der Waals surface area (Å²) in [5.41, 5.74) is 1.36. The summed E-state index contributed by atoms with van der Waals surface area (Å²) in [6, 6.07) is 14.5. The van der Waals surface area contributed by atoms with Gasteiger partial charge in [0.15, 0.2) is 0 Å². The number of amides is 1. The molecule has 6 nitrogen and oxygen atoms in total. The first-order valence-corrected chi connectivity index (χ1v) is 10.6. The number of carbonyl (C=O) groups is 1. The summed E-state index contributed by atoms with van der Waals surface area (Å²) in [6.45, 7) is 4.48. The highest BCUT2D eigenvalue weighted by atomic mass is 32.1. The van der Waals surface area contributed by atoms with Crippen LogP contribution in [0.3, 0.4) is 0 Å². The average Bonchev–Trinajstić information content (AvgIpc) is 3.43. The number of aromatic nitrogens is 2. The van der Waals surface area contributed by atoms with Gasteiger partial charge in [0, 0.05) is 45.6 Å². The maximum Gasteiger partial charge on any atom is 0.227 e. The summed E-state index contributed by atoms with van der Waals surface area (Å²) < 4.78 is 5.28. The van der Waals surface area contributed by atoms with Crippen LogP contribution in [0.4, 0.5) is 0 Å². The lowest BCUT2D eigenvalue weighted by Crippen LogP contribution is -2.49. The Morgan fingerprint density at radius 3 is 2.61 bits per heavy atom. The molecule has 28 heavy (non-hydrogen) atoms. The molecule has 0 N–H and O–H groups in total. The first-order valence-electron chi connectivity index (χ1n) is 9.68. The molecule has 4 rings (SSSR count). The summed E-state index contributed by atoms with van der Waals surface area (Å²) in [5.74, 6) is 1.29. The van der Waals surface area contributed by atoms with Crippen LogP contribution in [0, 0.1) is 0 Å². The molecule has 1 amide bonds. The van der Waals surface area contributed by atoms with Crippen LogP contribution in [-0.4, -0.2) is 58.6 Å². The number of rotatable bonds is 7. The van der Waals surface area contributed by atoms with Crippen molar-refractivity contribution in [2.75, 3.05) is 32.7 Å². The highest BCUT2D eigenvalue weighted by Gasteiger charge is 2.21. The van der Waals surface area contributed by atoms with Gasteiger partial charge in [0.05, 0.1) is 4.88 Å². The fraction of sp³-hybridized carbons (Fsp3) is 0.381. The van der Waals surface area contributed by atoms with Gasteiger partial charge in [-0.3, -0.25) is 9.69 Å². The lowest BCUT2D eigenvalue weighted by Gasteiger charge is -2.34. The minimum absolute atomic E-state index is 0.165. The minimum atomic E-state index is 0.165. The molecule has 7 heteroatoms. The van der Waals surface area contributed by atoms with E-state index < -0.39 is 0 Å². The van der Waals surface area contributed by atoms with Gasteiger partial charge in [-0.2, -0.15) is 4.98 Å². The molecule has 3 aromatic rings. The Balaban J connectivity index is 1.19. The molecule has 146 valence electrons. The van der Waals surface area contributed by atoms with E-state index in [0.717, 1.165) is 44.0 Å². The first kappa shape index (κ1) is 18.8. The molecule has 0 saturated carbocycles. The molecule has 0 atom stereocenters. The second-order valence-corrected chi connectivity index (χ2v) is 7.89. The van der Waals surface area contributed by atoms with Crippen LogP contribution < -0.4 is 0 Å². The molecule has 2 aromatic heterocycles. The molecule has 0 bridgehead atoms. The Labute approximate surface area is 168 Å². The number of piperazine rings is 1. The van der Waals surface area contributed by atoms with Crippen LogP contribution in [0.5, 0.6) is 0 Å². The Morgan fingerprint density at radius 1 is 1.04 bits per heavy atom. The monoisotopic (exact) mass is 396 g/mol. The lowest BCUT2D eigenvalue weighted by molar-refractivity contribution is -0.133. The minimum Gasteiger partial charge on any atom is -0.340 e. The summed E-state index contributed by atoms with van der Waals surface area (Å²) in [4.78, 5) is 22.3. The topological polar surface area (TPSA) is 62.5 Å². The summed E-state index contributed by atoms with van der Waals surface area (Å²) >= 11 is 1.57. The molecule has 0 spiro atoms. The van der Waals surface area contributed by atoms with Crippen molar-refractivity contribution in [3.8, 4) is 10.7 Å². The molecule has 1 aromatic carbocycles. The number of nitrogens with zero attached hydrogens (tertiary/aromatic N) is 4. The quantitative estimate of drug-likeness (QED) is 0.614. The maximum absolute atomic E-state index is 12.5. The van der Waals surface area contributed by atoms with E-state index >= 15 is 0 Å². The highest BCUT2D eigenvalue weighted by Crippen LogP contribution is 2.21. The molecule has 3 heterocycles. The van der Waals surface area contributed by atoms with Crippen LogP contribution in [0.15, 0.2) is 52.4 Å². The van der Waals surface area contributed by atoms with Gasteiger partial charge in [-0.25, -0.2) is 0 Å². The van der Waals surface area contributed by atoms with Crippen LogP contribution in [0.25, 0.3) is 10.7 Å². The molecular formula is C21H24N4O2S. The second-order valence-electron chi connectivity index (χ2n) is 6.95. The summed E-state index contributed by atoms with van der Waals surface area (Å²) in [5, 5.41) is 5.98. The third-order valence-electron chi connectivity index (χ3n) is 5.05. The van der Waals surface area contributed by atoms with E-state index in [-0.39, 0.29) is 5.91 Å². The van der Waals surface area contributed by atoms with Crippen molar-refractivity contribution in [3.05, 3.63) is 59.3 Å². The van der Waals surface area contributed by atoms with Gasteiger partial charge in [-0.15, -0.1) is 11.3 Å². The predicted octanol–water partition coefficient (Wildman–Crippen LogP) is 3.12. The lowest BCUT2D eigenvalue weighted by atomic mass is 10.1. The van der Waals surface area contributed by atoms with E-state index in [4.69, 9.17) is 4.52 Å². The number of hydrogen-bond donors (Lipinski definition) is 0. The number of benzene rings is 1. The van der Waals surface area contributed by atoms with Crippen LogP contribution in [-0.2, 0) is 17.6 Å². The third-order valence-corrected chi connectivity index (χ3v) is 5.91. The largest absolute Gasteiger partial charge is 0.340 e. The second kappa shape index (κ2) is 9.12. The number of thiophene rings is 1. The van der Waals surface area contributed by atoms with Crippen molar-refractivity contribution >= 4 is 17.2 Å². The smallest absolute Gasteiger partial charge is 0.227 e. The van der Waals surface area contributed by atoms with E-state index in [1.165, 1.54) is 5.56 Å². The molecule has 1 saturated heterocycles. The van der Waals surface area contributed by atoms with Gasteiger partial charge < -0.3 is 9.42 Å². The molecule has 0 aliphatic carbocycles. The predicted molar refractivity (Wildman–Crippen MR) is 109 cm³/mol. The molecule has 0 radical (unpaired) electrons. The fourth-order valence-corrected chi connectivity index (χ4v) is 4.04. The van der Waals surface area contributed by atoms with Gasteiger partial charge in [0.2, 0.25) is 17.6 Å². The highest BCUT2D eigenvalue weighted by molar-refractivity contribution is 7.13. The molecule has 0 unspecified atom stereocenters. The van der Waals surface area contributed by atoms with E-state index in [1.807, 2.05) is 28.5 Å². The Morgan fingerprint density at radius 2 is 1.86 bits per heavy atom. The summed E-state index contributed by atoms with van der Waals surface area (Å²) in [6.07, 6.45) is 1.96. The SMILES string of the molecule is O=C(CCc1nc(-c2cccs2)no1)N1CCN(CCc2ccccc2)CC1. The van der Waals surface area contributed by atoms with Gasteiger partial charge in [0.25, 0.3) is 0 Å². The van der Waals surface area contributed by atoms with E-state index in [1.54, 1.807) is 11.3 Å². The normalized spacial score (nSPS) is 15.1. The van der Waals surface area contributed by atoms with E-state index in [0.29, 0.717) is 24.6 Å². The van der Waals surface area contributed by atoms with E-state index in [9.17, 15) is 4.79 Å². The van der Waals surface area contributed by atoms with Crippen molar-refractivity contribution in [2.45, 2.75) is 19.3 Å². The molecular weight excluding hydrogens is 372 g/mol. The maximum atomic E-state index is 12.5.